The topological polar surface area (TPSA) is 57.6 Å². The van der Waals surface area contributed by atoms with Crippen LogP contribution in [0, 0.1) is 18.8 Å². The fourth-order valence-electron chi connectivity index (χ4n) is 4.09. The van der Waals surface area contributed by atoms with Crippen LogP contribution < -0.4 is 0 Å². The molecule has 0 spiro atoms. The standard InChI is InChI=1S/C18H22ClNO3S/c1-10-6-12-8-11(2-3-13(12)15(19)7-10)9-16(21)14-4-5-20(24)17(14)18(22)23/h6-7,11,14,17,24H,2-5,8-9H2,1H3,(H,22,23)/t11?,14?,17-/m0/s1. The van der Waals surface area contributed by atoms with Gasteiger partial charge in [0.25, 0.3) is 0 Å². The van der Waals surface area contributed by atoms with Crippen molar-refractivity contribution in [1.29, 1.82) is 0 Å². The zero-order valence-electron chi connectivity index (χ0n) is 13.7. The van der Waals surface area contributed by atoms with Gasteiger partial charge >= 0.3 is 5.97 Å². The number of ketones is 1. The number of carboxylic acid groups (broad SMARTS) is 1. The molecule has 3 atom stereocenters. The Morgan fingerprint density at radius 2 is 2.12 bits per heavy atom. The molecule has 2 aliphatic rings. The number of carboxylic acids is 1. The summed E-state index contributed by atoms with van der Waals surface area (Å²) in [5, 5.41) is 10.2. The first-order chi connectivity index (χ1) is 11.4. The lowest BCUT2D eigenvalue weighted by atomic mass is 9.78. The predicted molar refractivity (Wildman–Crippen MR) is 96.6 cm³/mol. The Bertz CT molecular complexity index is 678. The second kappa shape index (κ2) is 7.06. The van der Waals surface area contributed by atoms with E-state index in [2.05, 4.69) is 18.9 Å². The summed E-state index contributed by atoms with van der Waals surface area (Å²) in [5.74, 6) is -1.07. The van der Waals surface area contributed by atoms with Crippen molar-refractivity contribution < 1.29 is 14.7 Å². The van der Waals surface area contributed by atoms with E-state index >= 15 is 0 Å². The molecule has 1 N–H and O–H groups in total. The van der Waals surface area contributed by atoms with Gasteiger partial charge in [0, 0.05) is 23.9 Å². The Balaban J connectivity index is 1.69. The highest BCUT2D eigenvalue weighted by Gasteiger charge is 2.42. The van der Waals surface area contributed by atoms with E-state index in [0.717, 1.165) is 29.8 Å². The normalized spacial score (nSPS) is 27.0. The van der Waals surface area contributed by atoms with Gasteiger partial charge in [-0.2, -0.15) is 0 Å². The Hall–Kier alpha value is -1.04. The predicted octanol–water partition coefficient (Wildman–Crippen LogP) is 3.33. The zero-order valence-corrected chi connectivity index (χ0v) is 15.3. The molecule has 24 heavy (non-hydrogen) atoms. The minimum absolute atomic E-state index is 0.0613. The fourth-order valence-corrected chi connectivity index (χ4v) is 4.85. The summed E-state index contributed by atoms with van der Waals surface area (Å²) in [7, 11) is 0. The van der Waals surface area contributed by atoms with Crippen LogP contribution in [-0.2, 0) is 22.4 Å². The van der Waals surface area contributed by atoms with E-state index < -0.39 is 17.9 Å². The van der Waals surface area contributed by atoms with Gasteiger partial charge in [0.15, 0.2) is 0 Å². The van der Waals surface area contributed by atoms with Gasteiger partial charge in [-0.1, -0.05) is 30.5 Å². The first-order valence-corrected chi connectivity index (χ1v) is 9.13. The van der Waals surface area contributed by atoms with E-state index in [1.54, 1.807) is 0 Å². The van der Waals surface area contributed by atoms with Crippen LogP contribution in [0.2, 0.25) is 5.02 Å². The molecule has 6 heteroatoms. The Morgan fingerprint density at radius 3 is 2.83 bits per heavy atom. The highest BCUT2D eigenvalue weighted by molar-refractivity contribution is 7.77. The number of halogens is 1. The van der Waals surface area contributed by atoms with Crippen LogP contribution >= 0.6 is 24.4 Å². The summed E-state index contributed by atoms with van der Waals surface area (Å²) in [6, 6.07) is 3.35. The lowest BCUT2D eigenvalue weighted by Crippen LogP contribution is -2.38. The maximum absolute atomic E-state index is 12.7. The maximum atomic E-state index is 12.7. The molecule has 1 aromatic rings. The molecule has 1 aliphatic heterocycles. The molecule has 130 valence electrons. The minimum atomic E-state index is -0.961. The molecule has 4 nitrogen and oxygen atoms in total. The van der Waals surface area contributed by atoms with Gasteiger partial charge in [0.1, 0.15) is 11.8 Å². The molecule has 1 fully saturated rings. The van der Waals surface area contributed by atoms with Crippen LogP contribution in [0.25, 0.3) is 0 Å². The highest BCUT2D eigenvalue weighted by Crippen LogP contribution is 2.35. The lowest BCUT2D eigenvalue weighted by Gasteiger charge is -2.27. The lowest BCUT2D eigenvalue weighted by molar-refractivity contribution is -0.144. The van der Waals surface area contributed by atoms with Crippen LogP contribution in [0.15, 0.2) is 12.1 Å². The number of rotatable bonds is 4. The monoisotopic (exact) mass is 367 g/mol. The number of aliphatic carboxylic acids is 1. The van der Waals surface area contributed by atoms with Crippen molar-refractivity contribution in [1.82, 2.24) is 4.31 Å². The molecule has 1 heterocycles. The molecular weight excluding hydrogens is 346 g/mol. The summed E-state index contributed by atoms with van der Waals surface area (Å²) in [4.78, 5) is 24.1. The van der Waals surface area contributed by atoms with E-state index in [0.29, 0.717) is 19.4 Å². The summed E-state index contributed by atoms with van der Waals surface area (Å²) >= 11 is 10.5. The second-order valence-corrected chi connectivity index (χ2v) is 7.93. The Labute approximate surface area is 152 Å². The van der Waals surface area contributed by atoms with E-state index in [4.69, 9.17) is 11.6 Å². The molecule has 1 aliphatic carbocycles. The second-order valence-electron chi connectivity index (χ2n) is 7.00. The quantitative estimate of drug-likeness (QED) is 0.801. The molecule has 0 radical (unpaired) electrons. The van der Waals surface area contributed by atoms with Crippen molar-refractivity contribution in [2.75, 3.05) is 6.54 Å². The van der Waals surface area contributed by atoms with Crippen LogP contribution in [-0.4, -0.2) is 33.8 Å². The third kappa shape index (κ3) is 3.48. The number of aryl methyl sites for hydroxylation is 1. The summed E-state index contributed by atoms with van der Waals surface area (Å²) in [6.07, 6.45) is 3.68. The number of thiol groups is 1. The van der Waals surface area contributed by atoms with Crippen LogP contribution in [0.5, 0.6) is 0 Å². The molecule has 0 amide bonds. The van der Waals surface area contributed by atoms with Gasteiger partial charge < -0.3 is 5.11 Å². The fraction of sp³-hybridized carbons (Fsp3) is 0.556. The van der Waals surface area contributed by atoms with Crippen molar-refractivity contribution in [2.45, 2.75) is 45.1 Å². The first-order valence-electron chi connectivity index (χ1n) is 8.35. The van der Waals surface area contributed by atoms with E-state index in [1.807, 2.05) is 13.0 Å². The van der Waals surface area contributed by atoms with Crippen molar-refractivity contribution in [2.24, 2.45) is 11.8 Å². The summed E-state index contributed by atoms with van der Waals surface area (Å²) in [5.41, 5.74) is 3.58. The average molecular weight is 368 g/mol. The Kier molecular flexibility index (Phi) is 5.23. The number of hydrogen-bond acceptors (Lipinski definition) is 4. The maximum Gasteiger partial charge on any atom is 0.322 e. The van der Waals surface area contributed by atoms with Crippen molar-refractivity contribution in [3.8, 4) is 0 Å². The van der Waals surface area contributed by atoms with E-state index in [9.17, 15) is 14.7 Å². The number of carbonyl (C=O) groups is 2. The third-order valence-electron chi connectivity index (χ3n) is 5.27. The van der Waals surface area contributed by atoms with Gasteiger partial charge in [-0.05, 0) is 61.3 Å². The number of fused-ring (bicyclic) bond motifs is 1. The average Bonchev–Trinajstić information content (AvgIpc) is 2.88. The Morgan fingerprint density at radius 1 is 1.38 bits per heavy atom. The van der Waals surface area contributed by atoms with Crippen molar-refractivity contribution in [3.05, 3.63) is 33.8 Å². The zero-order chi connectivity index (χ0) is 17.4. The number of carbonyl (C=O) groups excluding carboxylic acids is 1. The van der Waals surface area contributed by atoms with E-state index in [1.165, 1.54) is 15.4 Å². The van der Waals surface area contributed by atoms with Gasteiger partial charge in [-0.3, -0.25) is 9.59 Å². The SMILES string of the molecule is Cc1cc(Cl)c2c(c1)CC(CC(=O)C1CCN(S)[C@@H]1C(=O)O)CC2. The van der Waals surface area contributed by atoms with E-state index in [-0.39, 0.29) is 11.7 Å². The molecule has 0 saturated carbocycles. The van der Waals surface area contributed by atoms with Gasteiger partial charge in [0.2, 0.25) is 0 Å². The minimum Gasteiger partial charge on any atom is -0.480 e. The molecule has 1 saturated heterocycles. The largest absolute Gasteiger partial charge is 0.480 e. The summed E-state index contributed by atoms with van der Waals surface area (Å²) < 4.78 is 1.48. The summed E-state index contributed by atoms with van der Waals surface area (Å²) in [6.45, 7) is 2.57. The molecule has 2 unspecified atom stereocenters. The molecule has 0 bridgehead atoms. The van der Waals surface area contributed by atoms with Gasteiger partial charge in [0.05, 0.1) is 0 Å². The number of Topliss-reactive ketones (excluding diaryl/α,β-unsaturated/α-hetero) is 1. The van der Waals surface area contributed by atoms with Gasteiger partial charge in [-0.25, -0.2) is 4.31 Å². The first kappa shape index (κ1) is 17.8. The van der Waals surface area contributed by atoms with Crippen molar-refractivity contribution in [3.63, 3.8) is 0 Å². The number of benzene rings is 1. The van der Waals surface area contributed by atoms with Crippen molar-refractivity contribution >= 4 is 36.2 Å². The highest BCUT2D eigenvalue weighted by atomic mass is 35.5. The van der Waals surface area contributed by atoms with Crippen LogP contribution in [0.3, 0.4) is 0 Å². The molecule has 3 rings (SSSR count). The smallest absolute Gasteiger partial charge is 0.322 e. The van der Waals surface area contributed by atoms with Crippen LogP contribution in [0.4, 0.5) is 0 Å². The number of hydrogen-bond donors (Lipinski definition) is 2. The van der Waals surface area contributed by atoms with Gasteiger partial charge in [-0.15, -0.1) is 0 Å². The third-order valence-corrected chi connectivity index (χ3v) is 6.06. The van der Waals surface area contributed by atoms with Crippen LogP contribution in [0.1, 0.15) is 36.0 Å². The molecule has 0 aromatic heterocycles. The molecular formula is C18H22ClNO3S. The molecule has 1 aromatic carbocycles. The number of nitrogens with zero attached hydrogens (tertiary/aromatic N) is 1.